The molecule has 5 heteroatoms. The molecule has 1 amide bonds. The van der Waals surface area contributed by atoms with Crippen molar-refractivity contribution in [2.75, 3.05) is 27.8 Å². The molecule has 0 aliphatic carbocycles. The van der Waals surface area contributed by atoms with E-state index < -0.39 is 6.29 Å². The monoisotopic (exact) mass is 271 g/mol. The lowest BCUT2D eigenvalue weighted by Gasteiger charge is -2.22. The van der Waals surface area contributed by atoms with Crippen LogP contribution in [0, 0.1) is 0 Å². The van der Waals surface area contributed by atoms with Gasteiger partial charge in [0.25, 0.3) is 5.91 Å². The van der Waals surface area contributed by atoms with Crippen LogP contribution in [0.4, 0.5) is 0 Å². The van der Waals surface area contributed by atoms with Crippen LogP contribution < -0.4 is 0 Å². The zero-order chi connectivity index (χ0) is 13.5. The van der Waals surface area contributed by atoms with E-state index in [2.05, 4.69) is 0 Å². The third-order valence-electron chi connectivity index (χ3n) is 2.62. The van der Waals surface area contributed by atoms with Crippen molar-refractivity contribution in [1.82, 2.24) is 4.90 Å². The maximum Gasteiger partial charge on any atom is 0.253 e. The number of likely N-dealkylation sites (N-methyl/N-ethyl adjacent to an activating group) is 1. The van der Waals surface area contributed by atoms with Crippen LogP contribution in [0.2, 0.25) is 0 Å². The molecule has 100 valence electrons. The summed E-state index contributed by atoms with van der Waals surface area (Å²) in [4.78, 5) is 13.7. The zero-order valence-electron chi connectivity index (χ0n) is 10.9. The van der Waals surface area contributed by atoms with Crippen molar-refractivity contribution >= 4 is 17.5 Å². The number of carbonyl (C=O) groups is 1. The topological polar surface area (TPSA) is 38.8 Å². The molecule has 1 rings (SSSR count). The summed E-state index contributed by atoms with van der Waals surface area (Å²) in [6.07, 6.45) is -0.421. The predicted octanol–water partition coefficient (Wildman–Crippen LogP) is 2.12. The molecular formula is C13H18ClNO3. The highest BCUT2D eigenvalue weighted by molar-refractivity contribution is 6.17. The molecule has 0 radical (unpaired) electrons. The summed E-state index contributed by atoms with van der Waals surface area (Å²) in [7, 11) is 4.79. The Morgan fingerprint density at radius 3 is 2.61 bits per heavy atom. The number of nitrogens with zero attached hydrogens (tertiary/aromatic N) is 1. The third kappa shape index (κ3) is 3.98. The summed E-state index contributed by atoms with van der Waals surface area (Å²) >= 11 is 5.75. The first-order valence-electron chi connectivity index (χ1n) is 5.58. The lowest BCUT2D eigenvalue weighted by molar-refractivity contribution is -0.110. The fourth-order valence-corrected chi connectivity index (χ4v) is 1.73. The smallest absolute Gasteiger partial charge is 0.253 e. The molecule has 0 unspecified atom stereocenters. The fraction of sp³-hybridized carbons (Fsp3) is 0.462. The van der Waals surface area contributed by atoms with Gasteiger partial charge in [-0.25, -0.2) is 0 Å². The summed E-state index contributed by atoms with van der Waals surface area (Å²) in [5, 5.41) is 0. The maximum absolute atomic E-state index is 12.2. The molecule has 0 heterocycles. The van der Waals surface area contributed by atoms with E-state index in [4.69, 9.17) is 21.1 Å². The van der Waals surface area contributed by atoms with Crippen molar-refractivity contribution < 1.29 is 14.3 Å². The largest absolute Gasteiger partial charge is 0.354 e. The van der Waals surface area contributed by atoms with Gasteiger partial charge in [-0.2, -0.15) is 0 Å². The Hall–Kier alpha value is -1.10. The van der Waals surface area contributed by atoms with Gasteiger partial charge in [-0.05, 0) is 17.7 Å². The number of amides is 1. The molecule has 1 aromatic carbocycles. The number of alkyl halides is 1. The van der Waals surface area contributed by atoms with E-state index >= 15 is 0 Å². The Balaban J connectivity index is 2.73. The highest BCUT2D eigenvalue weighted by Gasteiger charge is 2.16. The van der Waals surface area contributed by atoms with Crippen LogP contribution >= 0.6 is 11.6 Å². The van der Waals surface area contributed by atoms with E-state index in [0.717, 1.165) is 5.56 Å². The van der Waals surface area contributed by atoms with Crippen LogP contribution in [0.3, 0.4) is 0 Å². The van der Waals surface area contributed by atoms with Gasteiger partial charge in [-0.1, -0.05) is 12.1 Å². The lowest BCUT2D eigenvalue weighted by Crippen LogP contribution is -2.36. The van der Waals surface area contributed by atoms with Crippen LogP contribution in [0.15, 0.2) is 24.3 Å². The van der Waals surface area contributed by atoms with Gasteiger partial charge in [0.15, 0.2) is 6.29 Å². The number of benzene rings is 1. The number of hydrogen-bond acceptors (Lipinski definition) is 3. The van der Waals surface area contributed by atoms with Crippen LogP contribution in [0.1, 0.15) is 15.9 Å². The van der Waals surface area contributed by atoms with Crippen molar-refractivity contribution in [2.24, 2.45) is 0 Å². The molecule has 0 saturated heterocycles. The maximum atomic E-state index is 12.2. The van der Waals surface area contributed by atoms with Crippen molar-refractivity contribution in [3.63, 3.8) is 0 Å². The first-order chi connectivity index (χ1) is 8.62. The molecule has 0 aliphatic heterocycles. The van der Waals surface area contributed by atoms with Gasteiger partial charge in [-0.3, -0.25) is 4.79 Å². The first-order valence-corrected chi connectivity index (χ1v) is 6.11. The van der Waals surface area contributed by atoms with E-state index in [1.807, 2.05) is 12.1 Å². The Morgan fingerprint density at radius 1 is 1.39 bits per heavy atom. The standard InChI is InChI=1S/C13H18ClNO3/c1-15(9-12(17-2)18-3)13(16)11-6-4-5-10(7-11)8-14/h4-7,12H,8-9H2,1-3H3. The molecule has 0 atom stereocenters. The number of ether oxygens (including phenoxy) is 2. The van der Waals surface area contributed by atoms with E-state index in [1.54, 1.807) is 38.3 Å². The summed E-state index contributed by atoms with van der Waals surface area (Å²) in [5.74, 6) is 0.310. The quantitative estimate of drug-likeness (QED) is 0.588. The lowest BCUT2D eigenvalue weighted by atomic mass is 10.1. The molecule has 18 heavy (non-hydrogen) atoms. The Morgan fingerprint density at radius 2 is 2.06 bits per heavy atom. The first kappa shape index (κ1) is 15.0. The molecule has 4 nitrogen and oxygen atoms in total. The normalized spacial score (nSPS) is 10.7. The van der Waals surface area contributed by atoms with Gasteiger partial charge in [-0.15, -0.1) is 11.6 Å². The minimum atomic E-state index is -0.421. The number of methoxy groups -OCH3 is 2. The van der Waals surface area contributed by atoms with Gasteiger partial charge < -0.3 is 14.4 Å². The predicted molar refractivity (Wildman–Crippen MR) is 70.8 cm³/mol. The number of halogens is 1. The number of rotatable bonds is 6. The van der Waals surface area contributed by atoms with Gasteiger partial charge in [0.2, 0.25) is 0 Å². The summed E-state index contributed by atoms with van der Waals surface area (Å²) in [6, 6.07) is 7.27. The number of carbonyl (C=O) groups excluding carboxylic acids is 1. The Bertz CT molecular complexity index is 394. The second-order valence-electron chi connectivity index (χ2n) is 3.92. The van der Waals surface area contributed by atoms with Crippen molar-refractivity contribution in [2.45, 2.75) is 12.2 Å². The summed E-state index contributed by atoms with van der Waals surface area (Å²) in [6.45, 7) is 0.372. The van der Waals surface area contributed by atoms with E-state index in [9.17, 15) is 4.79 Å². The average Bonchev–Trinajstić information content (AvgIpc) is 2.43. The third-order valence-corrected chi connectivity index (χ3v) is 2.93. The Kier molecular flexibility index (Phi) is 6.12. The number of hydrogen-bond donors (Lipinski definition) is 0. The molecular weight excluding hydrogens is 254 g/mol. The second kappa shape index (κ2) is 7.36. The van der Waals surface area contributed by atoms with E-state index in [1.165, 1.54) is 0 Å². The summed E-state index contributed by atoms with van der Waals surface area (Å²) in [5.41, 5.74) is 1.53. The second-order valence-corrected chi connectivity index (χ2v) is 4.19. The van der Waals surface area contributed by atoms with E-state index in [0.29, 0.717) is 18.0 Å². The van der Waals surface area contributed by atoms with Gasteiger partial charge in [0.1, 0.15) is 0 Å². The molecule has 0 aromatic heterocycles. The average molecular weight is 272 g/mol. The minimum Gasteiger partial charge on any atom is -0.354 e. The van der Waals surface area contributed by atoms with Crippen molar-refractivity contribution in [3.05, 3.63) is 35.4 Å². The van der Waals surface area contributed by atoms with Crippen LogP contribution in [-0.4, -0.2) is 44.9 Å². The molecule has 0 fully saturated rings. The van der Waals surface area contributed by atoms with Crippen molar-refractivity contribution in [3.8, 4) is 0 Å². The highest BCUT2D eigenvalue weighted by atomic mass is 35.5. The molecule has 0 bridgehead atoms. The van der Waals surface area contributed by atoms with Gasteiger partial charge >= 0.3 is 0 Å². The molecule has 0 N–H and O–H groups in total. The summed E-state index contributed by atoms with van der Waals surface area (Å²) < 4.78 is 10.1. The molecule has 0 aliphatic rings. The van der Waals surface area contributed by atoms with Crippen LogP contribution in [0.25, 0.3) is 0 Å². The van der Waals surface area contributed by atoms with Crippen LogP contribution in [0.5, 0.6) is 0 Å². The van der Waals surface area contributed by atoms with Gasteiger partial charge in [0, 0.05) is 32.7 Å². The zero-order valence-corrected chi connectivity index (χ0v) is 11.6. The van der Waals surface area contributed by atoms with Gasteiger partial charge in [0.05, 0.1) is 6.54 Å². The molecule has 0 saturated carbocycles. The SMILES string of the molecule is COC(CN(C)C(=O)c1cccc(CCl)c1)OC. The van der Waals surface area contributed by atoms with E-state index in [-0.39, 0.29) is 5.91 Å². The van der Waals surface area contributed by atoms with Crippen molar-refractivity contribution in [1.29, 1.82) is 0 Å². The molecule has 0 spiro atoms. The Labute approximate surface area is 112 Å². The molecule has 1 aromatic rings. The van der Waals surface area contributed by atoms with Crippen LogP contribution in [-0.2, 0) is 15.4 Å². The highest BCUT2D eigenvalue weighted by Crippen LogP contribution is 2.10. The minimum absolute atomic E-state index is 0.0823. The fourth-order valence-electron chi connectivity index (χ4n) is 1.56.